The predicted molar refractivity (Wildman–Crippen MR) is 69.3 cm³/mol. The van der Waals surface area contributed by atoms with Crippen LogP contribution in [-0.4, -0.2) is 21.7 Å². The van der Waals surface area contributed by atoms with Crippen LogP contribution in [0.4, 0.5) is 10.1 Å². The highest BCUT2D eigenvalue weighted by molar-refractivity contribution is 7.14. The molecule has 1 N–H and O–H groups in total. The SMILES string of the molecule is CCNCc1nnc(-c2cc(F)ccc2[N+](=O)[O-])s1. The molecule has 6 nitrogen and oxygen atoms in total. The van der Waals surface area contributed by atoms with Crippen LogP contribution in [0.1, 0.15) is 11.9 Å². The van der Waals surface area contributed by atoms with Crippen LogP contribution in [-0.2, 0) is 6.54 Å². The maximum atomic E-state index is 13.2. The molecule has 0 amide bonds. The van der Waals surface area contributed by atoms with E-state index in [9.17, 15) is 14.5 Å². The van der Waals surface area contributed by atoms with Gasteiger partial charge in [0, 0.05) is 12.6 Å². The zero-order chi connectivity index (χ0) is 13.8. The fourth-order valence-corrected chi connectivity index (χ4v) is 2.34. The highest BCUT2D eigenvalue weighted by Crippen LogP contribution is 2.32. The van der Waals surface area contributed by atoms with Crippen molar-refractivity contribution in [3.05, 3.63) is 39.1 Å². The summed E-state index contributed by atoms with van der Waals surface area (Å²) in [7, 11) is 0. The minimum Gasteiger partial charge on any atom is -0.311 e. The molecule has 0 fully saturated rings. The van der Waals surface area contributed by atoms with Crippen molar-refractivity contribution in [3.63, 3.8) is 0 Å². The molecule has 0 spiro atoms. The number of aromatic nitrogens is 2. The summed E-state index contributed by atoms with van der Waals surface area (Å²) in [6.45, 7) is 3.28. The summed E-state index contributed by atoms with van der Waals surface area (Å²) >= 11 is 1.21. The van der Waals surface area contributed by atoms with Crippen molar-refractivity contribution in [1.29, 1.82) is 0 Å². The number of nitro benzene ring substituents is 1. The summed E-state index contributed by atoms with van der Waals surface area (Å²) in [6.07, 6.45) is 0. The van der Waals surface area contributed by atoms with E-state index >= 15 is 0 Å². The van der Waals surface area contributed by atoms with E-state index in [4.69, 9.17) is 0 Å². The normalized spacial score (nSPS) is 10.6. The number of halogens is 1. The van der Waals surface area contributed by atoms with E-state index in [1.807, 2.05) is 6.92 Å². The first-order valence-electron chi connectivity index (χ1n) is 5.59. The van der Waals surface area contributed by atoms with E-state index in [1.165, 1.54) is 11.3 Å². The number of hydrogen-bond donors (Lipinski definition) is 1. The lowest BCUT2D eigenvalue weighted by atomic mass is 10.2. The lowest BCUT2D eigenvalue weighted by Gasteiger charge is -1.98. The van der Waals surface area contributed by atoms with Crippen LogP contribution >= 0.6 is 11.3 Å². The van der Waals surface area contributed by atoms with Crippen molar-refractivity contribution in [2.75, 3.05) is 6.54 Å². The van der Waals surface area contributed by atoms with Crippen LogP contribution in [0.25, 0.3) is 10.6 Å². The third kappa shape index (κ3) is 3.09. The molecule has 1 aromatic carbocycles. The Kier molecular flexibility index (Phi) is 4.13. The monoisotopic (exact) mass is 282 g/mol. The first-order chi connectivity index (χ1) is 9.11. The van der Waals surface area contributed by atoms with E-state index in [0.29, 0.717) is 16.6 Å². The van der Waals surface area contributed by atoms with Gasteiger partial charge in [-0.15, -0.1) is 10.2 Å². The zero-order valence-corrected chi connectivity index (χ0v) is 10.9. The topological polar surface area (TPSA) is 81.0 Å². The van der Waals surface area contributed by atoms with Gasteiger partial charge < -0.3 is 5.32 Å². The lowest BCUT2D eigenvalue weighted by molar-refractivity contribution is -0.384. The van der Waals surface area contributed by atoms with Crippen molar-refractivity contribution in [3.8, 4) is 10.6 Å². The number of nitrogens with one attached hydrogen (secondary N) is 1. The van der Waals surface area contributed by atoms with Crippen molar-refractivity contribution < 1.29 is 9.31 Å². The molecule has 0 saturated carbocycles. The molecule has 0 unspecified atom stereocenters. The number of hydrogen-bond acceptors (Lipinski definition) is 6. The van der Waals surface area contributed by atoms with Crippen LogP contribution in [0.5, 0.6) is 0 Å². The molecule has 0 aliphatic carbocycles. The van der Waals surface area contributed by atoms with E-state index in [0.717, 1.165) is 24.7 Å². The molecule has 100 valence electrons. The highest BCUT2D eigenvalue weighted by atomic mass is 32.1. The summed E-state index contributed by atoms with van der Waals surface area (Å²) in [4.78, 5) is 10.4. The predicted octanol–water partition coefficient (Wildman–Crippen LogP) is 2.36. The Balaban J connectivity index is 2.37. The van der Waals surface area contributed by atoms with Crippen molar-refractivity contribution in [2.24, 2.45) is 0 Å². The van der Waals surface area contributed by atoms with Gasteiger partial charge in [0.15, 0.2) is 5.01 Å². The molecule has 8 heteroatoms. The van der Waals surface area contributed by atoms with Gasteiger partial charge in [0.1, 0.15) is 10.8 Å². The van der Waals surface area contributed by atoms with E-state index in [2.05, 4.69) is 15.5 Å². The van der Waals surface area contributed by atoms with Gasteiger partial charge in [-0.25, -0.2) is 4.39 Å². The molecule has 0 saturated heterocycles. The minimum atomic E-state index is -0.555. The Bertz CT molecular complexity index is 602. The number of benzene rings is 1. The van der Waals surface area contributed by atoms with Gasteiger partial charge in [-0.1, -0.05) is 18.3 Å². The molecule has 0 bridgehead atoms. The van der Waals surface area contributed by atoms with Crippen LogP contribution < -0.4 is 5.32 Å². The van der Waals surface area contributed by atoms with Crippen LogP contribution in [0.2, 0.25) is 0 Å². The summed E-state index contributed by atoms with van der Waals surface area (Å²) in [5, 5.41) is 22.8. The second-order valence-corrected chi connectivity index (χ2v) is 4.76. The number of nitrogens with zero attached hydrogens (tertiary/aromatic N) is 3. The zero-order valence-electron chi connectivity index (χ0n) is 10.1. The smallest absolute Gasteiger partial charge is 0.279 e. The largest absolute Gasteiger partial charge is 0.311 e. The van der Waals surface area contributed by atoms with Gasteiger partial charge in [-0.05, 0) is 18.7 Å². The standard InChI is InChI=1S/C11H11FN4O2S/c1-2-13-6-10-14-15-11(19-10)8-5-7(12)3-4-9(8)16(17)18/h3-5,13H,2,6H2,1H3. The van der Waals surface area contributed by atoms with Crippen LogP contribution in [0.15, 0.2) is 18.2 Å². The molecular weight excluding hydrogens is 271 g/mol. The molecule has 0 aliphatic rings. The maximum Gasteiger partial charge on any atom is 0.279 e. The lowest BCUT2D eigenvalue weighted by Crippen LogP contribution is -2.11. The molecule has 2 aromatic rings. The molecule has 0 aliphatic heterocycles. The Morgan fingerprint density at radius 2 is 2.26 bits per heavy atom. The summed E-state index contributed by atoms with van der Waals surface area (Å²) < 4.78 is 13.2. The van der Waals surface area contributed by atoms with Gasteiger partial charge in [-0.3, -0.25) is 10.1 Å². The molecule has 0 atom stereocenters. The molecule has 0 radical (unpaired) electrons. The van der Waals surface area contributed by atoms with Crippen LogP contribution in [0, 0.1) is 15.9 Å². The maximum absolute atomic E-state index is 13.2. The Morgan fingerprint density at radius 1 is 1.47 bits per heavy atom. The minimum absolute atomic E-state index is 0.158. The molecule has 2 rings (SSSR count). The fourth-order valence-electron chi connectivity index (χ4n) is 1.50. The molecule has 1 heterocycles. The number of rotatable bonds is 5. The Labute approximate surface area is 112 Å². The second-order valence-electron chi connectivity index (χ2n) is 3.70. The van der Waals surface area contributed by atoms with Gasteiger partial charge >= 0.3 is 0 Å². The van der Waals surface area contributed by atoms with Crippen LogP contribution in [0.3, 0.4) is 0 Å². The van der Waals surface area contributed by atoms with Crippen molar-refractivity contribution in [1.82, 2.24) is 15.5 Å². The van der Waals surface area contributed by atoms with Crippen molar-refractivity contribution in [2.45, 2.75) is 13.5 Å². The quantitative estimate of drug-likeness (QED) is 0.672. The highest BCUT2D eigenvalue weighted by Gasteiger charge is 2.19. The summed E-state index contributed by atoms with van der Waals surface area (Å²) in [5.41, 5.74) is -0.0159. The van der Waals surface area contributed by atoms with Gasteiger partial charge in [-0.2, -0.15) is 0 Å². The number of nitro groups is 1. The third-order valence-electron chi connectivity index (χ3n) is 2.38. The Morgan fingerprint density at radius 3 is 2.95 bits per heavy atom. The van der Waals surface area contributed by atoms with E-state index in [1.54, 1.807) is 0 Å². The first kappa shape index (κ1) is 13.5. The van der Waals surface area contributed by atoms with Gasteiger partial charge in [0.25, 0.3) is 5.69 Å². The third-order valence-corrected chi connectivity index (χ3v) is 3.34. The van der Waals surface area contributed by atoms with E-state index in [-0.39, 0.29) is 11.3 Å². The molecule has 1 aromatic heterocycles. The molecule has 19 heavy (non-hydrogen) atoms. The average molecular weight is 282 g/mol. The average Bonchev–Trinajstić information content (AvgIpc) is 2.84. The fraction of sp³-hybridized carbons (Fsp3) is 0.273. The summed E-state index contributed by atoms with van der Waals surface area (Å²) in [5.74, 6) is -0.538. The van der Waals surface area contributed by atoms with Gasteiger partial charge in [0.2, 0.25) is 0 Å². The van der Waals surface area contributed by atoms with Gasteiger partial charge in [0.05, 0.1) is 10.5 Å². The first-order valence-corrected chi connectivity index (χ1v) is 6.41. The molecular formula is C11H11FN4O2S. The second kappa shape index (κ2) is 5.81. The summed E-state index contributed by atoms with van der Waals surface area (Å²) in [6, 6.07) is 3.30. The van der Waals surface area contributed by atoms with E-state index < -0.39 is 10.7 Å². The van der Waals surface area contributed by atoms with Crippen molar-refractivity contribution >= 4 is 17.0 Å². The Hall–Kier alpha value is -1.93.